The van der Waals surface area contributed by atoms with E-state index in [1.807, 2.05) is 0 Å². The van der Waals surface area contributed by atoms with Gasteiger partial charge in [-0.1, -0.05) is 31.9 Å². The molecule has 1 amide bonds. The summed E-state index contributed by atoms with van der Waals surface area (Å²) in [6.45, 7) is 4.39. The Morgan fingerprint density at radius 1 is 1.59 bits per heavy atom. The molecular weight excluding hydrogens is 236 g/mol. The minimum Gasteiger partial charge on any atom is -0.349 e. The van der Waals surface area contributed by atoms with Gasteiger partial charge in [0.25, 0.3) is 5.91 Å². The molecule has 1 heterocycles. The van der Waals surface area contributed by atoms with Gasteiger partial charge in [0.05, 0.1) is 10.6 Å². The van der Waals surface area contributed by atoms with Gasteiger partial charge in [-0.25, -0.2) is 0 Å². The van der Waals surface area contributed by atoms with Crippen LogP contribution in [-0.4, -0.2) is 16.9 Å². The summed E-state index contributed by atoms with van der Waals surface area (Å²) >= 11 is 5.95. The molecule has 1 fully saturated rings. The van der Waals surface area contributed by atoms with Crippen LogP contribution in [0.3, 0.4) is 0 Å². The second kappa shape index (κ2) is 4.65. The predicted octanol–water partition coefficient (Wildman–Crippen LogP) is 3.04. The third-order valence-corrected chi connectivity index (χ3v) is 3.88. The predicted molar refractivity (Wildman–Crippen MR) is 68.1 cm³/mol. The Hall–Kier alpha value is -1.09. The molecule has 0 bridgehead atoms. The lowest BCUT2D eigenvalue weighted by atomic mass is 9.87. The molecule has 1 atom stereocenters. The number of pyridine rings is 1. The van der Waals surface area contributed by atoms with E-state index in [2.05, 4.69) is 24.1 Å². The van der Waals surface area contributed by atoms with Crippen molar-refractivity contribution in [3.05, 3.63) is 29.0 Å². The maximum Gasteiger partial charge on any atom is 0.253 e. The van der Waals surface area contributed by atoms with Gasteiger partial charge in [-0.15, -0.1) is 0 Å². The zero-order valence-corrected chi connectivity index (χ0v) is 10.9. The highest BCUT2D eigenvalue weighted by atomic mass is 35.5. The number of halogens is 1. The molecule has 1 saturated carbocycles. The number of hydrogen-bond donors (Lipinski definition) is 1. The average molecular weight is 253 g/mol. The molecule has 0 saturated heterocycles. The van der Waals surface area contributed by atoms with Crippen molar-refractivity contribution in [2.45, 2.75) is 39.2 Å². The highest BCUT2D eigenvalue weighted by Crippen LogP contribution is 2.37. The van der Waals surface area contributed by atoms with E-state index in [0.29, 0.717) is 10.6 Å². The van der Waals surface area contributed by atoms with Gasteiger partial charge in [-0.05, 0) is 24.3 Å². The van der Waals surface area contributed by atoms with Crippen molar-refractivity contribution in [1.82, 2.24) is 10.3 Å². The van der Waals surface area contributed by atoms with E-state index in [9.17, 15) is 4.79 Å². The summed E-state index contributed by atoms with van der Waals surface area (Å²) in [5.41, 5.74) is 0.680. The quantitative estimate of drug-likeness (QED) is 0.879. The minimum atomic E-state index is -0.0997. The Morgan fingerprint density at radius 3 is 2.94 bits per heavy atom. The Bertz CT molecular complexity index is 431. The minimum absolute atomic E-state index is 0.0997. The monoisotopic (exact) mass is 252 g/mol. The van der Waals surface area contributed by atoms with Crippen LogP contribution in [0.2, 0.25) is 5.02 Å². The summed E-state index contributed by atoms with van der Waals surface area (Å²) in [6, 6.07) is 1.89. The van der Waals surface area contributed by atoms with Gasteiger partial charge in [0.2, 0.25) is 0 Å². The molecule has 3 nitrogen and oxygen atoms in total. The molecule has 0 aromatic carbocycles. The first kappa shape index (κ1) is 12.4. The fraction of sp³-hybridized carbons (Fsp3) is 0.538. The van der Waals surface area contributed by atoms with Crippen LogP contribution in [-0.2, 0) is 0 Å². The van der Waals surface area contributed by atoms with Crippen LogP contribution in [0.25, 0.3) is 0 Å². The van der Waals surface area contributed by atoms with Crippen LogP contribution in [0.5, 0.6) is 0 Å². The number of amides is 1. The van der Waals surface area contributed by atoms with E-state index in [1.165, 1.54) is 12.6 Å². The van der Waals surface area contributed by atoms with E-state index >= 15 is 0 Å². The van der Waals surface area contributed by atoms with Crippen LogP contribution in [0, 0.1) is 5.41 Å². The third kappa shape index (κ3) is 2.60. The van der Waals surface area contributed by atoms with E-state index < -0.39 is 0 Å². The molecule has 1 N–H and O–H groups in total. The summed E-state index contributed by atoms with van der Waals surface area (Å²) in [7, 11) is 0. The molecule has 0 aliphatic heterocycles. The van der Waals surface area contributed by atoms with Crippen molar-refractivity contribution in [3.63, 3.8) is 0 Å². The highest BCUT2D eigenvalue weighted by molar-refractivity contribution is 6.33. The lowest BCUT2D eigenvalue weighted by Gasteiger charge is -2.27. The normalized spacial score (nSPS) is 22.4. The average Bonchev–Trinajstić information content (AvgIpc) is 2.59. The maximum atomic E-state index is 12.1. The fourth-order valence-electron chi connectivity index (χ4n) is 2.39. The van der Waals surface area contributed by atoms with Crippen LogP contribution in [0.4, 0.5) is 0 Å². The van der Waals surface area contributed by atoms with Gasteiger partial charge >= 0.3 is 0 Å². The van der Waals surface area contributed by atoms with Gasteiger partial charge in [0, 0.05) is 18.4 Å². The molecule has 4 heteroatoms. The Morgan fingerprint density at radius 2 is 2.35 bits per heavy atom. The van der Waals surface area contributed by atoms with Crippen molar-refractivity contribution in [1.29, 1.82) is 0 Å². The van der Waals surface area contributed by atoms with Crippen molar-refractivity contribution >= 4 is 17.5 Å². The van der Waals surface area contributed by atoms with Crippen LogP contribution in [0.1, 0.15) is 43.5 Å². The van der Waals surface area contributed by atoms with Crippen LogP contribution < -0.4 is 5.32 Å². The first-order chi connectivity index (χ1) is 8.00. The van der Waals surface area contributed by atoms with Gasteiger partial charge < -0.3 is 5.32 Å². The van der Waals surface area contributed by atoms with Gasteiger partial charge in [0.15, 0.2) is 0 Å². The fourth-order valence-corrected chi connectivity index (χ4v) is 2.59. The zero-order valence-electron chi connectivity index (χ0n) is 10.2. The first-order valence-corrected chi connectivity index (χ1v) is 6.29. The zero-order chi connectivity index (χ0) is 12.5. The number of nitrogens with zero attached hydrogens (tertiary/aromatic N) is 1. The molecular formula is C13H17ClN2O. The van der Waals surface area contributed by atoms with E-state index in [4.69, 9.17) is 11.6 Å². The molecule has 1 aromatic rings. The number of carbonyl (C=O) groups excluding carboxylic acids is 1. The van der Waals surface area contributed by atoms with E-state index in [1.54, 1.807) is 12.3 Å². The SMILES string of the molecule is CC1(C)CCCC1NC(=O)c1ccncc1Cl. The molecule has 0 radical (unpaired) electrons. The number of carbonyl (C=O) groups is 1. The van der Waals surface area contributed by atoms with Crippen molar-refractivity contribution in [3.8, 4) is 0 Å². The van der Waals surface area contributed by atoms with Crippen LogP contribution in [0.15, 0.2) is 18.5 Å². The lowest BCUT2D eigenvalue weighted by molar-refractivity contribution is 0.0910. The Balaban J connectivity index is 2.10. The summed E-state index contributed by atoms with van der Waals surface area (Å²) < 4.78 is 0. The van der Waals surface area contributed by atoms with Crippen molar-refractivity contribution in [2.24, 2.45) is 5.41 Å². The second-order valence-electron chi connectivity index (χ2n) is 5.26. The second-order valence-corrected chi connectivity index (χ2v) is 5.67. The summed E-state index contributed by atoms with van der Waals surface area (Å²) in [5, 5.41) is 3.48. The number of hydrogen-bond acceptors (Lipinski definition) is 2. The summed E-state index contributed by atoms with van der Waals surface area (Å²) in [5.74, 6) is -0.0997. The van der Waals surface area contributed by atoms with Gasteiger partial charge in [0.1, 0.15) is 0 Å². The first-order valence-electron chi connectivity index (χ1n) is 5.91. The number of aromatic nitrogens is 1. The van der Waals surface area contributed by atoms with E-state index in [0.717, 1.165) is 12.8 Å². The lowest BCUT2D eigenvalue weighted by Crippen LogP contribution is -2.41. The highest BCUT2D eigenvalue weighted by Gasteiger charge is 2.35. The molecule has 92 valence electrons. The molecule has 17 heavy (non-hydrogen) atoms. The molecule has 2 rings (SSSR count). The summed E-state index contributed by atoms with van der Waals surface area (Å²) in [4.78, 5) is 16.0. The van der Waals surface area contributed by atoms with Gasteiger partial charge in [-0.2, -0.15) is 0 Å². The van der Waals surface area contributed by atoms with E-state index in [-0.39, 0.29) is 17.4 Å². The Kier molecular flexibility index (Phi) is 3.38. The number of nitrogens with one attached hydrogen (secondary N) is 1. The standard InChI is InChI=1S/C13H17ClN2O/c1-13(2)6-3-4-11(13)16-12(17)9-5-7-15-8-10(9)14/h5,7-8,11H,3-4,6H2,1-2H3,(H,16,17). The van der Waals surface area contributed by atoms with Gasteiger partial charge in [-0.3, -0.25) is 9.78 Å². The van der Waals surface area contributed by atoms with Crippen molar-refractivity contribution in [2.75, 3.05) is 0 Å². The molecule has 1 aliphatic carbocycles. The molecule has 1 aromatic heterocycles. The molecule has 0 spiro atoms. The van der Waals surface area contributed by atoms with Crippen LogP contribution >= 0.6 is 11.6 Å². The topological polar surface area (TPSA) is 42.0 Å². The largest absolute Gasteiger partial charge is 0.349 e. The third-order valence-electron chi connectivity index (χ3n) is 3.58. The maximum absolute atomic E-state index is 12.1. The summed E-state index contributed by atoms with van der Waals surface area (Å²) in [6.07, 6.45) is 6.45. The molecule has 1 unspecified atom stereocenters. The Labute approximate surface area is 107 Å². The number of rotatable bonds is 2. The smallest absolute Gasteiger partial charge is 0.253 e. The molecule has 1 aliphatic rings. The van der Waals surface area contributed by atoms with Crippen molar-refractivity contribution < 1.29 is 4.79 Å².